The average molecular weight is 337 g/mol. The van der Waals surface area contributed by atoms with Crippen LogP contribution in [-0.2, 0) is 6.61 Å². The highest BCUT2D eigenvalue weighted by Crippen LogP contribution is 2.24. The second-order valence-corrected chi connectivity index (χ2v) is 6.33. The van der Waals surface area contributed by atoms with Gasteiger partial charge in [-0.15, -0.1) is 0 Å². The van der Waals surface area contributed by atoms with Crippen LogP contribution < -0.4 is 15.1 Å². The van der Waals surface area contributed by atoms with Crippen molar-refractivity contribution < 1.29 is 4.74 Å². The van der Waals surface area contributed by atoms with E-state index in [0.29, 0.717) is 6.61 Å². The van der Waals surface area contributed by atoms with Crippen molar-refractivity contribution in [2.24, 2.45) is 5.10 Å². The van der Waals surface area contributed by atoms with Gasteiger partial charge in [-0.05, 0) is 24.1 Å². The number of hydrazone groups is 1. The number of hydrogen-bond acceptors (Lipinski definition) is 4. The van der Waals surface area contributed by atoms with Crippen molar-refractivity contribution in [3.63, 3.8) is 0 Å². The minimum absolute atomic E-state index is 0.581. The Balaban J connectivity index is 1.55. The van der Waals surface area contributed by atoms with Crippen LogP contribution in [0.15, 0.2) is 59.7 Å². The van der Waals surface area contributed by atoms with Gasteiger partial charge in [-0.3, -0.25) is 5.01 Å². The Morgan fingerprint density at radius 3 is 2.80 bits per heavy atom. The van der Waals surface area contributed by atoms with Crippen LogP contribution in [0.1, 0.15) is 38.2 Å². The number of hydrogen-bond donors (Lipinski definition) is 1. The summed E-state index contributed by atoms with van der Waals surface area (Å²) in [6.07, 6.45) is 4.69. The van der Waals surface area contributed by atoms with Gasteiger partial charge in [0.25, 0.3) is 0 Å². The fourth-order valence-corrected chi connectivity index (χ4v) is 2.85. The summed E-state index contributed by atoms with van der Waals surface area (Å²) in [4.78, 5) is 0. The lowest BCUT2D eigenvalue weighted by Gasteiger charge is -2.15. The molecule has 25 heavy (non-hydrogen) atoms. The summed E-state index contributed by atoms with van der Waals surface area (Å²) in [7, 11) is 0. The molecule has 0 aliphatic carbocycles. The monoisotopic (exact) mass is 337 g/mol. The number of nitrogens with zero attached hydrogens (tertiary/aromatic N) is 2. The number of amidine groups is 1. The molecule has 0 atom stereocenters. The van der Waals surface area contributed by atoms with Crippen molar-refractivity contribution in [3.05, 3.63) is 60.2 Å². The van der Waals surface area contributed by atoms with Gasteiger partial charge in [-0.2, -0.15) is 5.10 Å². The first kappa shape index (κ1) is 17.3. The van der Waals surface area contributed by atoms with Crippen LogP contribution in [0, 0.1) is 0 Å². The zero-order chi connectivity index (χ0) is 17.3. The minimum atomic E-state index is 0.581. The molecule has 0 spiro atoms. The van der Waals surface area contributed by atoms with Gasteiger partial charge in [0.1, 0.15) is 18.2 Å². The molecular weight excluding hydrogens is 310 g/mol. The maximum absolute atomic E-state index is 5.92. The molecule has 132 valence electrons. The summed E-state index contributed by atoms with van der Waals surface area (Å²) in [5.41, 5.74) is 2.25. The summed E-state index contributed by atoms with van der Waals surface area (Å²) in [5.74, 6) is 1.97. The summed E-state index contributed by atoms with van der Waals surface area (Å²) in [6, 6.07) is 18.4. The van der Waals surface area contributed by atoms with Crippen LogP contribution in [-0.4, -0.2) is 18.9 Å². The van der Waals surface area contributed by atoms with Crippen LogP contribution in [0.3, 0.4) is 0 Å². The molecule has 1 aliphatic heterocycles. The lowest BCUT2D eigenvalue weighted by molar-refractivity contribution is 0.306. The molecule has 1 aliphatic rings. The van der Waals surface area contributed by atoms with Gasteiger partial charge in [0.15, 0.2) is 0 Å². The van der Waals surface area contributed by atoms with E-state index >= 15 is 0 Å². The third-order valence-corrected chi connectivity index (χ3v) is 4.28. The van der Waals surface area contributed by atoms with Crippen molar-refractivity contribution in [3.8, 4) is 5.75 Å². The molecule has 3 rings (SSSR count). The number of nitrogens with one attached hydrogen (secondary N) is 1. The Labute approximate surface area is 150 Å². The first-order valence-electron chi connectivity index (χ1n) is 9.21. The van der Waals surface area contributed by atoms with Crippen molar-refractivity contribution in [1.29, 1.82) is 0 Å². The Kier molecular flexibility index (Phi) is 6.32. The van der Waals surface area contributed by atoms with E-state index in [1.54, 1.807) is 0 Å². The van der Waals surface area contributed by atoms with Gasteiger partial charge < -0.3 is 10.1 Å². The van der Waals surface area contributed by atoms with Gasteiger partial charge in [0.2, 0.25) is 0 Å². The number of rotatable bonds is 8. The molecule has 4 nitrogen and oxygen atoms in total. The molecule has 0 aromatic heterocycles. The van der Waals surface area contributed by atoms with E-state index in [1.165, 1.54) is 24.8 Å². The summed E-state index contributed by atoms with van der Waals surface area (Å²) in [5, 5.41) is 10.2. The van der Waals surface area contributed by atoms with Gasteiger partial charge in [-0.1, -0.05) is 56.2 Å². The topological polar surface area (TPSA) is 36.9 Å². The lowest BCUT2D eigenvalue weighted by Crippen LogP contribution is -2.22. The predicted octanol–water partition coefficient (Wildman–Crippen LogP) is 4.57. The van der Waals surface area contributed by atoms with E-state index in [2.05, 4.69) is 41.5 Å². The first-order valence-corrected chi connectivity index (χ1v) is 9.21. The van der Waals surface area contributed by atoms with Crippen molar-refractivity contribution >= 4 is 11.5 Å². The maximum atomic E-state index is 5.92. The second kappa shape index (κ2) is 9.11. The Morgan fingerprint density at radius 1 is 1.08 bits per heavy atom. The highest BCUT2D eigenvalue weighted by Gasteiger charge is 2.16. The summed E-state index contributed by atoms with van der Waals surface area (Å²) >= 11 is 0. The minimum Gasteiger partial charge on any atom is -0.489 e. The summed E-state index contributed by atoms with van der Waals surface area (Å²) in [6.45, 7) is 4.73. The van der Waals surface area contributed by atoms with E-state index in [1.807, 2.05) is 30.3 Å². The van der Waals surface area contributed by atoms with Gasteiger partial charge >= 0.3 is 0 Å². The van der Waals surface area contributed by atoms with E-state index < -0.39 is 0 Å². The van der Waals surface area contributed by atoms with Gasteiger partial charge in [-0.25, -0.2) is 0 Å². The molecule has 0 fully saturated rings. The number of anilines is 1. The molecule has 0 saturated carbocycles. The largest absolute Gasteiger partial charge is 0.489 e. The Bertz CT molecular complexity index is 685. The highest BCUT2D eigenvalue weighted by atomic mass is 16.5. The lowest BCUT2D eigenvalue weighted by atomic mass is 10.2. The highest BCUT2D eigenvalue weighted by molar-refractivity contribution is 5.85. The fraction of sp³-hybridized carbons (Fsp3) is 0.381. The molecule has 1 heterocycles. The van der Waals surface area contributed by atoms with Crippen LogP contribution in [0.2, 0.25) is 0 Å². The van der Waals surface area contributed by atoms with E-state index in [9.17, 15) is 0 Å². The SMILES string of the molecule is CCCCCNC1=NN(c2cccc(OCc3ccccc3)c2)CC1. The van der Waals surface area contributed by atoms with Gasteiger partial charge in [0, 0.05) is 25.6 Å². The molecule has 0 saturated heterocycles. The van der Waals surface area contributed by atoms with Crippen LogP contribution in [0.4, 0.5) is 5.69 Å². The third kappa shape index (κ3) is 5.24. The molecular formula is C21H27N3O. The molecule has 0 bridgehead atoms. The van der Waals surface area contributed by atoms with Crippen molar-refractivity contribution in [1.82, 2.24) is 5.32 Å². The molecule has 1 N–H and O–H groups in total. The number of benzene rings is 2. The van der Waals surface area contributed by atoms with E-state index in [-0.39, 0.29) is 0 Å². The smallest absolute Gasteiger partial charge is 0.124 e. The van der Waals surface area contributed by atoms with Crippen LogP contribution >= 0.6 is 0 Å². The summed E-state index contributed by atoms with van der Waals surface area (Å²) < 4.78 is 5.92. The number of unbranched alkanes of at least 4 members (excludes halogenated alkanes) is 2. The predicted molar refractivity (Wildman–Crippen MR) is 104 cm³/mol. The zero-order valence-electron chi connectivity index (χ0n) is 14.9. The maximum Gasteiger partial charge on any atom is 0.124 e. The Morgan fingerprint density at radius 2 is 1.96 bits per heavy atom. The van der Waals surface area contributed by atoms with E-state index in [4.69, 9.17) is 9.84 Å². The fourth-order valence-electron chi connectivity index (χ4n) is 2.85. The van der Waals surface area contributed by atoms with Crippen LogP contribution in [0.25, 0.3) is 0 Å². The Hall–Kier alpha value is -2.49. The third-order valence-electron chi connectivity index (χ3n) is 4.28. The molecule has 2 aromatic carbocycles. The molecule has 0 amide bonds. The van der Waals surface area contributed by atoms with Crippen LogP contribution in [0.5, 0.6) is 5.75 Å². The normalized spacial score (nSPS) is 13.6. The standard InChI is InChI=1S/C21H27N3O/c1-2-3-7-14-22-21-13-15-24(23-21)19-11-8-12-20(16-19)25-17-18-9-5-4-6-10-18/h4-6,8-12,16H,2-3,7,13-15,17H2,1H3,(H,22,23). The van der Waals surface area contributed by atoms with Gasteiger partial charge in [0.05, 0.1) is 5.69 Å². The van der Waals surface area contributed by atoms with Crippen molar-refractivity contribution in [2.75, 3.05) is 18.1 Å². The number of ether oxygens (including phenoxy) is 1. The zero-order valence-corrected chi connectivity index (χ0v) is 14.9. The second-order valence-electron chi connectivity index (χ2n) is 6.33. The van der Waals surface area contributed by atoms with Crippen molar-refractivity contribution in [2.45, 2.75) is 39.2 Å². The molecule has 0 radical (unpaired) electrons. The molecule has 0 unspecified atom stereocenters. The molecule has 4 heteroatoms. The first-order chi connectivity index (χ1) is 12.3. The average Bonchev–Trinajstić information content (AvgIpc) is 3.14. The molecule has 2 aromatic rings. The quantitative estimate of drug-likeness (QED) is 0.717. The van der Waals surface area contributed by atoms with E-state index in [0.717, 1.165) is 36.8 Å².